The second-order valence-electron chi connectivity index (χ2n) is 10.7. The number of rotatable bonds is 5. The Morgan fingerprint density at radius 1 is 0.740 bits per heavy atom. The van der Waals surface area contributed by atoms with E-state index in [-0.39, 0.29) is 34.6 Å². The van der Waals surface area contributed by atoms with Gasteiger partial charge >= 0.3 is 42.1 Å². The van der Waals surface area contributed by atoms with Crippen LogP contribution < -0.4 is 15.4 Å². The normalized spacial score (nSPS) is 15.8. The van der Waals surface area contributed by atoms with E-state index in [0.717, 1.165) is 48.5 Å². The first-order valence-electron chi connectivity index (χ1n) is 13.8. The van der Waals surface area contributed by atoms with Crippen molar-refractivity contribution in [1.29, 1.82) is 0 Å². The van der Waals surface area contributed by atoms with Crippen LogP contribution >= 0.6 is 0 Å². The molecule has 3 aromatic rings. The van der Waals surface area contributed by atoms with Gasteiger partial charge in [0, 0.05) is 53.0 Å². The van der Waals surface area contributed by atoms with Gasteiger partial charge in [0.25, 0.3) is 11.8 Å². The minimum absolute atomic E-state index is 0.130. The molecule has 258 valence electrons. The Kier molecular flexibility index (Phi) is 7.56. The molecule has 4 amide bonds. The van der Waals surface area contributed by atoms with Gasteiger partial charge in [-0.3, -0.25) is 19.2 Å². The molecule has 0 bridgehead atoms. The molecule has 0 aliphatic carbocycles. The highest BCUT2D eigenvalue weighted by Gasteiger charge is 2.55. The number of amides is 4. The van der Waals surface area contributed by atoms with Crippen molar-refractivity contribution in [2.75, 3.05) is 10.6 Å². The fourth-order valence-corrected chi connectivity index (χ4v) is 5.46. The lowest BCUT2D eigenvalue weighted by molar-refractivity contribution is -0.172. The quantitative estimate of drug-likeness (QED) is 0.196. The molecule has 0 aromatic heterocycles. The maximum Gasteiger partial charge on any atom is 0.471 e. The van der Waals surface area contributed by atoms with Crippen LogP contribution in [0.5, 0.6) is 11.5 Å². The largest absolute Gasteiger partial charge is 0.478 e. The molecule has 3 aliphatic rings. The summed E-state index contributed by atoms with van der Waals surface area (Å²) in [4.78, 5) is 91.1. The van der Waals surface area contributed by atoms with Crippen LogP contribution in [0.25, 0.3) is 0 Å². The number of benzene rings is 3. The lowest BCUT2D eigenvalue weighted by Gasteiger charge is -2.37. The van der Waals surface area contributed by atoms with E-state index < -0.39 is 99.1 Å². The number of aromatic carboxylic acids is 1. The zero-order valence-corrected chi connectivity index (χ0v) is 24.3. The molecule has 3 N–H and O–H groups in total. The molecule has 0 radical (unpaired) electrons. The van der Waals surface area contributed by atoms with Crippen molar-refractivity contribution in [2.24, 2.45) is 0 Å². The van der Waals surface area contributed by atoms with E-state index in [0.29, 0.717) is 0 Å². The average molecular weight is 707 g/mol. The molecule has 3 aliphatic heterocycles. The highest BCUT2D eigenvalue weighted by atomic mass is 19.4. The van der Waals surface area contributed by atoms with Gasteiger partial charge in [0.2, 0.25) is 0 Å². The number of carbonyl (C=O) groups is 7. The highest BCUT2D eigenvalue weighted by molar-refractivity contribution is 6.08. The van der Waals surface area contributed by atoms with Crippen LogP contribution in [-0.4, -0.2) is 64.1 Å². The Morgan fingerprint density at radius 3 is 1.70 bits per heavy atom. The first-order chi connectivity index (χ1) is 23.3. The number of hydrogen-bond acceptors (Lipinski definition) is 10. The third-order valence-corrected chi connectivity index (χ3v) is 7.61. The number of esters is 1. The molecule has 1 spiro atoms. The van der Waals surface area contributed by atoms with Crippen LogP contribution in [0.2, 0.25) is 0 Å². The molecule has 0 unspecified atom stereocenters. The van der Waals surface area contributed by atoms with Crippen molar-refractivity contribution in [3.05, 3.63) is 81.9 Å². The summed E-state index contributed by atoms with van der Waals surface area (Å²) in [6, 6.07) is 7.26. The van der Waals surface area contributed by atoms with Gasteiger partial charge in [0.05, 0.1) is 16.7 Å². The number of carboxylic acid groups (broad SMARTS) is 1. The minimum Gasteiger partial charge on any atom is -0.478 e. The van der Waals surface area contributed by atoms with Crippen molar-refractivity contribution in [1.82, 2.24) is 5.06 Å². The molecule has 0 saturated carbocycles. The second kappa shape index (κ2) is 11.3. The predicted molar refractivity (Wildman–Crippen MR) is 148 cm³/mol. The van der Waals surface area contributed by atoms with Crippen molar-refractivity contribution in [3.8, 4) is 11.5 Å². The summed E-state index contributed by atoms with van der Waals surface area (Å²) in [5, 5.41) is 13.2. The number of hydroxylamine groups is 2. The Balaban J connectivity index is 1.55. The van der Waals surface area contributed by atoms with Crippen molar-refractivity contribution < 1.29 is 79.3 Å². The van der Waals surface area contributed by atoms with E-state index in [1.54, 1.807) is 10.6 Å². The zero-order chi connectivity index (χ0) is 36.5. The molecule has 14 nitrogen and oxygen atoms in total. The first-order valence-corrected chi connectivity index (χ1v) is 13.8. The number of carboxylic acids is 1. The number of fused-ring (bicyclic) bond motifs is 6. The van der Waals surface area contributed by atoms with Gasteiger partial charge in [0.15, 0.2) is 5.60 Å². The molecule has 6 rings (SSSR count). The predicted octanol–water partition coefficient (Wildman–Crippen LogP) is 4.18. The standard InChI is InChI=1S/C30H15F6N3O11/c31-29(32,33)26(46)37-11-1-3-16-19(7-11)48-20-8-12(38-27(47)30(34,35)36)2-4-17(20)28(16)18-10-14(13(23(42)43)9-15(18)24(44)49-28)25(45)50-39-21(40)5-6-22(39)41/h1-4,7-10H,5-6H2,(H,37,46)(H,38,47)(H,42,43). The van der Waals surface area contributed by atoms with Crippen LogP contribution in [0.4, 0.5) is 37.7 Å². The van der Waals surface area contributed by atoms with Gasteiger partial charge in [-0.2, -0.15) is 26.3 Å². The molecule has 1 fully saturated rings. The highest BCUT2D eigenvalue weighted by Crippen LogP contribution is 2.57. The maximum atomic E-state index is 13.4. The van der Waals surface area contributed by atoms with Gasteiger partial charge in [-0.25, -0.2) is 14.4 Å². The number of anilines is 2. The Bertz CT molecular complexity index is 2000. The Hall–Kier alpha value is -6.47. The first kappa shape index (κ1) is 33.4. The van der Waals surface area contributed by atoms with Crippen molar-refractivity contribution in [2.45, 2.75) is 30.8 Å². The number of imide groups is 1. The number of carbonyl (C=O) groups excluding carboxylic acids is 6. The van der Waals surface area contributed by atoms with Gasteiger partial charge in [-0.05, 0) is 36.4 Å². The summed E-state index contributed by atoms with van der Waals surface area (Å²) in [6.45, 7) is 0. The molecular formula is C30H15F6N3O11. The maximum absolute atomic E-state index is 13.4. The second-order valence-corrected chi connectivity index (χ2v) is 10.7. The third kappa shape index (κ3) is 5.48. The average Bonchev–Trinajstić information content (AvgIpc) is 3.49. The van der Waals surface area contributed by atoms with Gasteiger partial charge in [-0.1, -0.05) is 0 Å². The summed E-state index contributed by atoms with van der Waals surface area (Å²) < 4.78 is 89.4. The molecule has 50 heavy (non-hydrogen) atoms. The lowest BCUT2D eigenvalue weighted by Crippen LogP contribution is -2.35. The molecule has 3 heterocycles. The fraction of sp³-hybridized carbons (Fsp3) is 0.167. The molecule has 3 aromatic carbocycles. The molecule has 20 heteroatoms. The molecular weight excluding hydrogens is 692 g/mol. The van der Waals surface area contributed by atoms with Crippen molar-refractivity contribution >= 4 is 52.9 Å². The Labute approximate surface area is 272 Å². The van der Waals surface area contributed by atoms with Gasteiger partial charge in [-0.15, -0.1) is 5.06 Å². The number of halogens is 6. The number of nitrogens with one attached hydrogen (secondary N) is 2. The smallest absolute Gasteiger partial charge is 0.471 e. The Morgan fingerprint density at radius 2 is 1.24 bits per heavy atom. The molecule has 0 atom stereocenters. The van der Waals surface area contributed by atoms with E-state index in [1.165, 1.54) is 0 Å². The van der Waals surface area contributed by atoms with Gasteiger partial charge < -0.3 is 30.1 Å². The summed E-state index contributed by atoms with van der Waals surface area (Å²) in [6.07, 6.45) is -11.3. The van der Waals surface area contributed by atoms with E-state index in [1.807, 2.05) is 0 Å². The van der Waals surface area contributed by atoms with Crippen LogP contribution in [-0.2, 0) is 34.4 Å². The summed E-state index contributed by atoms with van der Waals surface area (Å²) in [5.74, 6) is -12.0. The van der Waals surface area contributed by atoms with Gasteiger partial charge in [0.1, 0.15) is 11.5 Å². The van der Waals surface area contributed by atoms with Crippen molar-refractivity contribution in [3.63, 3.8) is 0 Å². The van der Waals surface area contributed by atoms with Crippen LogP contribution in [0.1, 0.15) is 60.6 Å². The number of hydrogen-bond donors (Lipinski definition) is 3. The summed E-state index contributed by atoms with van der Waals surface area (Å²) in [7, 11) is 0. The van der Waals surface area contributed by atoms with E-state index in [9.17, 15) is 65.0 Å². The molecule has 1 saturated heterocycles. The monoisotopic (exact) mass is 707 g/mol. The topological polar surface area (TPSA) is 195 Å². The lowest BCUT2D eigenvalue weighted by atomic mass is 9.76. The summed E-state index contributed by atoms with van der Waals surface area (Å²) >= 11 is 0. The zero-order valence-electron chi connectivity index (χ0n) is 24.3. The van der Waals surface area contributed by atoms with Crippen LogP contribution in [0.3, 0.4) is 0 Å². The fourth-order valence-electron chi connectivity index (χ4n) is 5.46. The minimum atomic E-state index is -5.33. The van der Waals surface area contributed by atoms with E-state index >= 15 is 0 Å². The number of ether oxygens (including phenoxy) is 2. The number of alkyl halides is 6. The third-order valence-electron chi connectivity index (χ3n) is 7.61. The van der Waals surface area contributed by atoms with Crippen LogP contribution in [0.15, 0.2) is 48.5 Å². The number of nitrogens with zero attached hydrogens (tertiary/aromatic N) is 1. The van der Waals surface area contributed by atoms with E-state index in [4.69, 9.17) is 14.3 Å². The summed E-state index contributed by atoms with van der Waals surface area (Å²) in [5.41, 5.74) is -6.13. The van der Waals surface area contributed by atoms with E-state index in [2.05, 4.69) is 0 Å². The van der Waals surface area contributed by atoms with Crippen LogP contribution in [0, 0.1) is 0 Å². The SMILES string of the molecule is O=C(O)c1cc2c(cc1C(=O)ON1C(=O)CCC1=O)C1(OC2=O)c2ccc(NC(=O)C(F)(F)F)cc2Oc2cc(NC(=O)C(F)(F)F)ccc21.